The van der Waals surface area contributed by atoms with Gasteiger partial charge < -0.3 is 10.6 Å². The van der Waals surface area contributed by atoms with Crippen molar-refractivity contribution >= 4 is 5.91 Å². The van der Waals surface area contributed by atoms with Crippen LogP contribution in [0.2, 0.25) is 0 Å². The van der Waals surface area contributed by atoms with E-state index in [-0.39, 0.29) is 24.4 Å². The molecule has 2 atom stereocenters. The fourth-order valence-electron chi connectivity index (χ4n) is 2.00. The number of amides is 1. The molecule has 0 aliphatic carbocycles. The Kier molecular flexibility index (Phi) is 3.97. The van der Waals surface area contributed by atoms with Crippen LogP contribution in [-0.4, -0.2) is 29.4 Å². The van der Waals surface area contributed by atoms with Gasteiger partial charge in [0, 0.05) is 18.6 Å². The number of hydrogen-bond donors (Lipinski definition) is 1. The second kappa shape index (κ2) is 5.02. The molecule has 1 rings (SSSR count). The average Bonchev–Trinajstić information content (AvgIpc) is 2.18. The zero-order valence-electron chi connectivity index (χ0n) is 8.70. The predicted molar refractivity (Wildman–Crippen MR) is 56.5 cm³/mol. The molecule has 0 radical (unpaired) electrons. The molecule has 1 heterocycles. The first kappa shape index (κ1) is 11.1. The lowest BCUT2D eigenvalue weighted by molar-refractivity contribution is -0.134. The van der Waals surface area contributed by atoms with Crippen molar-refractivity contribution in [3.8, 4) is 12.3 Å². The number of rotatable bonds is 2. The van der Waals surface area contributed by atoms with E-state index in [0.29, 0.717) is 0 Å². The first-order chi connectivity index (χ1) is 6.66. The number of piperidine rings is 1. The van der Waals surface area contributed by atoms with Crippen molar-refractivity contribution in [3.05, 3.63) is 0 Å². The van der Waals surface area contributed by atoms with Crippen molar-refractivity contribution in [3.63, 3.8) is 0 Å². The van der Waals surface area contributed by atoms with Gasteiger partial charge in [-0.2, -0.15) is 0 Å². The van der Waals surface area contributed by atoms with Gasteiger partial charge in [0.25, 0.3) is 0 Å². The number of carbonyl (C=O) groups excluding carboxylic acids is 1. The molecule has 1 fully saturated rings. The first-order valence-corrected chi connectivity index (χ1v) is 5.15. The van der Waals surface area contributed by atoms with Gasteiger partial charge >= 0.3 is 0 Å². The van der Waals surface area contributed by atoms with Crippen LogP contribution in [0.4, 0.5) is 0 Å². The fourth-order valence-corrected chi connectivity index (χ4v) is 2.00. The number of terminal acetylenes is 1. The summed E-state index contributed by atoms with van der Waals surface area (Å²) >= 11 is 0. The van der Waals surface area contributed by atoms with Crippen molar-refractivity contribution < 1.29 is 4.79 Å². The standard InChI is InChI=1S/C11H18N2O/c1-3-6-11(14)13-8-5-4-7-10(13)9(2)12/h1,9-10H,4-8,12H2,2H3. The van der Waals surface area contributed by atoms with E-state index in [9.17, 15) is 4.79 Å². The van der Waals surface area contributed by atoms with Gasteiger partial charge in [0.15, 0.2) is 0 Å². The molecule has 0 spiro atoms. The summed E-state index contributed by atoms with van der Waals surface area (Å²) in [4.78, 5) is 13.5. The van der Waals surface area contributed by atoms with Crippen molar-refractivity contribution in [2.75, 3.05) is 6.54 Å². The van der Waals surface area contributed by atoms with Crippen LogP contribution < -0.4 is 5.73 Å². The van der Waals surface area contributed by atoms with Crippen LogP contribution in [-0.2, 0) is 4.79 Å². The number of nitrogens with two attached hydrogens (primary N) is 1. The number of nitrogens with zero attached hydrogens (tertiary/aromatic N) is 1. The van der Waals surface area contributed by atoms with Gasteiger partial charge in [0.2, 0.25) is 5.91 Å². The monoisotopic (exact) mass is 194 g/mol. The summed E-state index contributed by atoms with van der Waals surface area (Å²) in [6.45, 7) is 2.76. The Morgan fingerprint density at radius 3 is 3.00 bits per heavy atom. The molecule has 0 saturated carbocycles. The van der Waals surface area contributed by atoms with Crippen LogP contribution in [0.15, 0.2) is 0 Å². The van der Waals surface area contributed by atoms with Crippen LogP contribution in [0.3, 0.4) is 0 Å². The third-order valence-corrected chi connectivity index (χ3v) is 2.73. The van der Waals surface area contributed by atoms with E-state index in [4.69, 9.17) is 12.2 Å². The molecule has 3 nitrogen and oxygen atoms in total. The summed E-state index contributed by atoms with van der Waals surface area (Å²) in [6.07, 6.45) is 8.56. The molecule has 3 heteroatoms. The van der Waals surface area contributed by atoms with Gasteiger partial charge in [0.05, 0.1) is 6.42 Å². The normalized spacial score (nSPS) is 24.1. The largest absolute Gasteiger partial charge is 0.337 e. The van der Waals surface area contributed by atoms with Gasteiger partial charge in [0.1, 0.15) is 0 Å². The maximum atomic E-state index is 11.6. The molecule has 0 bridgehead atoms. The second-order valence-corrected chi connectivity index (χ2v) is 3.89. The van der Waals surface area contributed by atoms with Crippen LogP contribution in [0, 0.1) is 12.3 Å². The molecule has 0 aromatic carbocycles. The first-order valence-electron chi connectivity index (χ1n) is 5.15. The van der Waals surface area contributed by atoms with Crippen molar-refractivity contribution in [1.82, 2.24) is 4.90 Å². The molecule has 0 aromatic heterocycles. The van der Waals surface area contributed by atoms with E-state index in [1.165, 1.54) is 0 Å². The van der Waals surface area contributed by atoms with Gasteiger partial charge in [-0.3, -0.25) is 4.79 Å². The highest BCUT2D eigenvalue weighted by atomic mass is 16.2. The van der Waals surface area contributed by atoms with Crippen molar-refractivity contribution in [2.24, 2.45) is 5.73 Å². The highest BCUT2D eigenvalue weighted by Crippen LogP contribution is 2.19. The lowest BCUT2D eigenvalue weighted by atomic mass is 9.96. The van der Waals surface area contributed by atoms with Crippen molar-refractivity contribution in [2.45, 2.75) is 44.7 Å². The Morgan fingerprint density at radius 2 is 2.43 bits per heavy atom. The summed E-state index contributed by atoms with van der Waals surface area (Å²) in [7, 11) is 0. The molecular weight excluding hydrogens is 176 g/mol. The van der Waals surface area contributed by atoms with Crippen LogP contribution in [0.25, 0.3) is 0 Å². The van der Waals surface area contributed by atoms with Crippen molar-refractivity contribution in [1.29, 1.82) is 0 Å². The van der Waals surface area contributed by atoms with Gasteiger partial charge in [-0.1, -0.05) is 5.92 Å². The third kappa shape index (κ3) is 2.49. The summed E-state index contributed by atoms with van der Waals surface area (Å²) in [5.41, 5.74) is 5.85. The third-order valence-electron chi connectivity index (χ3n) is 2.73. The topological polar surface area (TPSA) is 46.3 Å². The van der Waals surface area contributed by atoms with Gasteiger partial charge in [-0.25, -0.2) is 0 Å². The van der Waals surface area contributed by atoms with E-state index in [1.807, 2.05) is 11.8 Å². The average molecular weight is 194 g/mol. The van der Waals surface area contributed by atoms with E-state index in [0.717, 1.165) is 25.8 Å². The SMILES string of the molecule is C#CCC(=O)N1CCCCC1C(C)N. The summed E-state index contributed by atoms with van der Waals surface area (Å²) in [5.74, 6) is 2.44. The second-order valence-electron chi connectivity index (χ2n) is 3.89. The lowest BCUT2D eigenvalue weighted by Gasteiger charge is -2.37. The number of hydrogen-bond acceptors (Lipinski definition) is 2. The summed E-state index contributed by atoms with van der Waals surface area (Å²) in [6, 6.07) is 0.224. The van der Waals surface area contributed by atoms with E-state index in [2.05, 4.69) is 5.92 Å². The van der Waals surface area contributed by atoms with E-state index < -0.39 is 0 Å². The zero-order chi connectivity index (χ0) is 10.6. The van der Waals surface area contributed by atoms with Crippen LogP contribution in [0.5, 0.6) is 0 Å². The predicted octanol–water partition coefficient (Wildman–Crippen LogP) is 0.738. The highest BCUT2D eigenvalue weighted by Gasteiger charge is 2.28. The Balaban J connectivity index is 2.63. The molecule has 0 aromatic rings. The van der Waals surface area contributed by atoms with E-state index >= 15 is 0 Å². The molecule has 1 saturated heterocycles. The van der Waals surface area contributed by atoms with Gasteiger partial charge in [-0.05, 0) is 26.2 Å². The minimum Gasteiger partial charge on any atom is -0.337 e. The quantitative estimate of drug-likeness (QED) is 0.659. The minimum absolute atomic E-state index is 0.0389. The summed E-state index contributed by atoms with van der Waals surface area (Å²) < 4.78 is 0. The van der Waals surface area contributed by atoms with E-state index in [1.54, 1.807) is 0 Å². The molecular formula is C11H18N2O. The molecule has 2 N–H and O–H groups in total. The molecule has 1 aliphatic heterocycles. The fraction of sp³-hybridized carbons (Fsp3) is 0.727. The van der Waals surface area contributed by atoms with Crippen LogP contribution >= 0.6 is 0 Å². The Hall–Kier alpha value is -1.01. The minimum atomic E-state index is 0.0389. The Morgan fingerprint density at radius 1 is 1.71 bits per heavy atom. The Bertz CT molecular complexity index is 242. The number of likely N-dealkylation sites (tertiary alicyclic amines) is 1. The molecule has 1 amide bonds. The molecule has 1 aliphatic rings. The smallest absolute Gasteiger partial charge is 0.234 e. The zero-order valence-corrected chi connectivity index (χ0v) is 8.70. The Labute approximate surface area is 85.6 Å². The maximum Gasteiger partial charge on any atom is 0.234 e. The highest BCUT2D eigenvalue weighted by molar-refractivity contribution is 5.79. The summed E-state index contributed by atoms with van der Waals surface area (Å²) in [5, 5.41) is 0. The maximum absolute atomic E-state index is 11.6. The molecule has 2 unspecified atom stereocenters. The molecule has 14 heavy (non-hydrogen) atoms. The van der Waals surface area contributed by atoms with Crippen LogP contribution in [0.1, 0.15) is 32.6 Å². The lowest BCUT2D eigenvalue weighted by Crippen LogP contribution is -2.51. The number of carbonyl (C=O) groups is 1. The molecule has 78 valence electrons. The van der Waals surface area contributed by atoms with Gasteiger partial charge in [-0.15, -0.1) is 6.42 Å².